The molecule has 0 atom stereocenters. The first-order chi connectivity index (χ1) is 4.00. The summed E-state index contributed by atoms with van der Waals surface area (Å²) in [5.41, 5.74) is 0. The normalized spacial score (nSPS) is 9.67. The van der Waals surface area contributed by atoms with Crippen LogP contribution in [0.3, 0.4) is 0 Å². The Balaban J connectivity index is -0.0000000457. The van der Waals surface area contributed by atoms with Gasteiger partial charge in [-0.25, -0.2) is 0 Å². The van der Waals surface area contributed by atoms with Crippen LogP contribution in [0, 0.1) is 0 Å². The standard InChI is InChI=1S/Al.K.2Mn.8O/q+3;+1;;;;;;;4*-1. The van der Waals surface area contributed by atoms with Crippen LogP contribution in [-0.4, -0.2) is 17.4 Å². The molecule has 0 aromatic heterocycles. The molecule has 0 saturated carbocycles. The van der Waals surface area contributed by atoms with Crippen molar-refractivity contribution < 1.29 is 110 Å². The summed E-state index contributed by atoms with van der Waals surface area (Å²) in [7, 11) is 0. The van der Waals surface area contributed by atoms with E-state index in [1.54, 1.807) is 0 Å². The average Bonchev–Trinajstić information content (AvgIpc) is 1.12. The molecule has 0 aromatic carbocycles. The molecule has 66 valence electrons. The van der Waals surface area contributed by atoms with Gasteiger partial charge in [0, 0.05) is 0 Å². The molecular weight excluding hydrogens is 304 g/mol. The fourth-order valence-electron chi connectivity index (χ4n) is 0. The van der Waals surface area contributed by atoms with Crippen molar-refractivity contribution in [3.8, 4) is 0 Å². The zero-order valence-corrected chi connectivity index (χ0v) is 12.2. The van der Waals surface area contributed by atoms with E-state index in [-0.39, 0.29) is 68.7 Å². The van der Waals surface area contributed by atoms with Gasteiger partial charge in [0.1, 0.15) is 0 Å². The first-order valence-electron chi connectivity index (χ1n) is 1.23. The molecule has 0 N–H and O–H groups in total. The monoisotopic (exact) mass is 304 g/mol. The third-order valence-electron chi connectivity index (χ3n) is 0. The third kappa shape index (κ3) is 307. The topological polar surface area (TPSA) is 161 Å². The maximum atomic E-state index is 8.58. The van der Waals surface area contributed by atoms with Crippen molar-refractivity contribution in [1.29, 1.82) is 0 Å². The summed E-state index contributed by atoms with van der Waals surface area (Å²) in [5.74, 6) is 0. The fraction of sp³-hybridized carbons (Fsp3) is 0. The fourth-order valence-corrected chi connectivity index (χ4v) is 0. The Bertz CT molecular complexity index is 213. The van der Waals surface area contributed by atoms with Gasteiger partial charge in [0.2, 0.25) is 0 Å². The second-order valence-corrected chi connectivity index (χ2v) is 3.12. The third-order valence-corrected chi connectivity index (χ3v) is 0. The Kier molecular flexibility index (Phi) is 19.4. The van der Waals surface area contributed by atoms with Crippen molar-refractivity contribution in [1.82, 2.24) is 0 Å². The van der Waals surface area contributed by atoms with Crippen molar-refractivity contribution in [3.63, 3.8) is 0 Å². The molecule has 0 saturated heterocycles. The molecule has 0 bridgehead atoms. The van der Waals surface area contributed by atoms with Crippen molar-refractivity contribution in [2.45, 2.75) is 0 Å². The molecule has 0 aliphatic carbocycles. The van der Waals surface area contributed by atoms with Crippen molar-refractivity contribution >= 4 is 17.4 Å². The van der Waals surface area contributed by atoms with Crippen LogP contribution in [0.25, 0.3) is 0 Å². The molecule has 12 heteroatoms. The molecule has 0 heterocycles. The van der Waals surface area contributed by atoms with E-state index in [1.807, 2.05) is 0 Å². The minimum atomic E-state index is -5.62. The average molecular weight is 304 g/mol. The van der Waals surface area contributed by atoms with E-state index >= 15 is 0 Å². The first kappa shape index (κ1) is 23.8. The predicted octanol–water partition coefficient (Wildman–Crippen LogP) is -8.61. The van der Waals surface area contributed by atoms with Crippen molar-refractivity contribution in [2.75, 3.05) is 0 Å². The van der Waals surface area contributed by atoms with E-state index in [4.69, 9.17) is 32.1 Å². The zero-order chi connectivity index (χ0) is 9.00. The summed E-state index contributed by atoms with van der Waals surface area (Å²) >= 11 is -11.2. The van der Waals surface area contributed by atoms with Gasteiger partial charge in [-0.15, -0.1) is 0 Å². The number of hydrogen-bond donors (Lipinski definition) is 0. The predicted molar refractivity (Wildman–Crippen MR) is 8.50 cm³/mol. The zero-order valence-electron chi connectivity index (χ0n) is 5.60. The van der Waals surface area contributed by atoms with Crippen molar-refractivity contribution in [2.24, 2.45) is 0 Å². The number of hydrogen-bond acceptors (Lipinski definition) is 8. The summed E-state index contributed by atoms with van der Waals surface area (Å²) < 4.78 is 68.6. The molecule has 0 spiro atoms. The molecule has 8 nitrogen and oxygen atoms in total. The van der Waals surface area contributed by atoms with Gasteiger partial charge in [-0.3, -0.25) is 0 Å². The molecule has 0 fully saturated rings. The second kappa shape index (κ2) is 9.79. The molecule has 0 aliphatic heterocycles. The van der Waals surface area contributed by atoms with Gasteiger partial charge >= 0.3 is 128 Å². The summed E-state index contributed by atoms with van der Waals surface area (Å²) in [6.07, 6.45) is 0. The molecule has 0 aromatic rings. The van der Waals surface area contributed by atoms with Gasteiger partial charge < -0.3 is 0 Å². The summed E-state index contributed by atoms with van der Waals surface area (Å²) in [4.78, 5) is 0. The first-order valence-corrected chi connectivity index (χ1v) is 5.09. The summed E-state index contributed by atoms with van der Waals surface area (Å²) in [6, 6.07) is 0. The van der Waals surface area contributed by atoms with Gasteiger partial charge in [0.15, 0.2) is 0 Å². The van der Waals surface area contributed by atoms with Crippen LogP contribution in [0.1, 0.15) is 0 Å². The van der Waals surface area contributed by atoms with Crippen molar-refractivity contribution in [3.05, 3.63) is 0 Å². The van der Waals surface area contributed by atoms with Crippen LogP contribution in [0.4, 0.5) is 0 Å². The van der Waals surface area contributed by atoms with Crippen LogP contribution >= 0.6 is 0 Å². The Morgan fingerprint density at radius 2 is 0.667 bits per heavy atom. The van der Waals surface area contributed by atoms with Crippen LogP contribution in [-0.2, 0) is 42.1 Å². The SMILES string of the molecule is [Al+3].[K+].[O]=[Mn](=[O])([O-])[O-].[O]=[Mn](=[O])([O-])[O-]. The maximum absolute atomic E-state index is 8.58. The van der Waals surface area contributed by atoms with E-state index < -0.39 is 26.7 Å². The van der Waals surface area contributed by atoms with E-state index in [0.717, 1.165) is 0 Å². The van der Waals surface area contributed by atoms with Gasteiger partial charge in [0.25, 0.3) is 0 Å². The van der Waals surface area contributed by atoms with Gasteiger partial charge in [-0.2, -0.15) is 0 Å². The quantitative estimate of drug-likeness (QED) is 0.398. The van der Waals surface area contributed by atoms with Gasteiger partial charge in [-0.1, -0.05) is 0 Å². The van der Waals surface area contributed by atoms with Crippen LogP contribution in [0.5, 0.6) is 0 Å². The molecule has 0 unspecified atom stereocenters. The second-order valence-electron chi connectivity index (χ2n) is 0.756. The molecular formula is AlKMn2O8. The number of rotatable bonds is 0. The molecule has 0 rings (SSSR count). The van der Waals surface area contributed by atoms with Crippen LogP contribution < -0.4 is 68.1 Å². The van der Waals surface area contributed by atoms with Crippen LogP contribution in [0.2, 0.25) is 0 Å². The van der Waals surface area contributed by atoms with E-state index in [9.17, 15) is 0 Å². The Labute approximate surface area is 125 Å². The molecule has 12 heavy (non-hydrogen) atoms. The Morgan fingerprint density at radius 3 is 0.667 bits per heavy atom. The van der Waals surface area contributed by atoms with Gasteiger partial charge in [0.05, 0.1) is 0 Å². The van der Waals surface area contributed by atoms with Crippen LogP contribution in [0.15, 0.2) is 0 Å². The molecule has 0 aliphatic rings. The van der Waals surface area contributed by atoms with E-state index in [0.29, 0.717) is 0 Å². The van der Waals surface area contributed by atoms with Gasteiger partial charge in [-0.05, 0) is 0 Å². The summed E-state index contributed by atoms with van der Waals surface area (Å²) in [5, 5.41) is 0. The minimum absolute atomic E-state index is 0. The summed E-state index contributed by atoms with van der Waals surface area (Å²) in [6.45, 7) is 0. The van der Waals surface area contributed by atoms with E-state index in [1.165, 1.54) is 0 Å². The molecule has 0 amide bonds. The Morgan fingerprint density at radius 1 is 0.667 bits per heavy atom. The molecule has 0 radical (unpaired) electrons. The Hall–Kier alpha value is 2.25. The van der Waals surface area contributed by atoms with E-state index in [2.05, 4.69) is 0 Å².